The van der Waals surface area contributed by atoms with Crippen LogP contribution in [0.4, 0.5) is 0 Å². The van der Waals surface area contributed by atoms with Crippen LogP contribution in [0, 0.1) is 18.8 Å². The Kier molecular flexibility index (Phi) is 6.75. The smallest absolute Gasteiger partial charge is 0.308 e. The van der Waals surface area contributed by atoms with Crippen LogP contribution in [0.1, 0.15) is 23.6 Å². The van der Waals surface area contributed by atoms with Crippen LogP contribution in [0.5, 0.6) is 0 Å². The molecule has 0 aliphatic heterocycles. The molecule has 0 heterocycles. The fraction of sp³-hybridized carbons (Fsp3) is 0.333. The summed E-state index contributed by atoms with van der Waals surface area (Å²) >= 11 is 0. The number of aryl methyl sites for hydroxylation is 1. The Labute approximate surface area is 148 Å². The number of carbonyl (C=O) groups is 2. The van der Waals surface area contributed by atoms with Gasteiger partial charge in [0.2, 0.25) is 5.91 Å². The van der Waals surface area contributed by atoms with Gasteiger partial charge >= 0.3 is 5.97 Å². The number of carboxylic acid groups (broad SMARTS) is 1. The van der Waals surface area contributed by atoms with Crippen molar-refractivity contribution in [2.24, 2.45) is 11.8 Å². The number of rotatable bonds is 8. The molecule has 2 N–H and O–H groups in total. The molecule has 25 heavy (non-hydrogen) atoms. The molecule has 2 rings (SSSR count). The van der Waals surface area contributed by atoms with Gasteiger partial charge in [-0.1, -0.05) is 67.1 Å². The Bertz CT molecular complexity index is 695. The van der Waals surface area contributed by atoms with E-state index in [1.54, 1.807) is 0 Å². The first kappa shape index (κ1) is 18.7. The highest BCUT2D eigenvalue weighted by Crippen LogP contribution is 2.12. The third-order valence-corrected chi connectivity index (χ3v) is 4.31. The second-order valence-electron chi connectivity index (χ2n) is 6.56. The molecule has 4 nitrogen and oxygen atoms in total. The molecule has 0 radical (unpaired) electrons. The van der Waals surface area contributed by atoms with E-state index in [2.05, 4.69) is 5.32 Å². The lowest BCUT2D eigenvalue weighted by molar-refractivity contribution is -0.141. The third-order valence-electron chi connectivity index (χ3n) is 4.31. The van der Waals surface area contributed by atoms with Gasteiger partial charge < -0.3 is 10.4 Å². The zero-order valence-electron chi connectivity index (χ0n) is 14.7. The van der Waals surface area contributed by atoms with Crippen molar-refractivity contribution in [1.29, 1.82) is 0 Å². The number of amides is 1. The Morgan fingerprint density at radius 2 is 1.56 bits per heavy atom. The van der Waals surface area contributed by atoms with Crippen molar-refractivity contribution in [3.05, 3.63) is 71.3 Å². The Hall–Kier alpha value is -2.62. The number of hydrogen-bond acceptors (Lipinski definition) is 2. The van der Waals surface area contributed by atoms with Crippen LogP contribution in [0.2, 0.25) is 0 Å². The summed E-state index contributed by atoms with van der Waals surface area (Å²) < 4.78 is 0. The van der Waals surface area contributed by atoms with Gasteiger partial charge in [-0.05, 0) is 30.9 Å². The number of carbonyl (C=O) groups excluding carboxylic acids is 1. The first-order valence-corrected chi connectivity index (χ1v) is 8.55. The molecule has 0 spiro atoms. The summed E-state index contributed by atoms with van der Waals surface area (Å²) in [4.78, 5) is 23.7. The van der Waals surface area contributed by atoms with Crippen molar-refractivity contribution < 1.29 is 14.7 Å². The summed E-state index contributed by atoms with van der Waals surface area (Å²) in [5.41, 5.74) is 3.25. The van der Waals surface area contributed by atoms with Gasteiger partial charge in [-0.25, -0.2) is 0 Å². The lowest BCUT2D eigenvalue weighted by Crippen LogP contribution is -2.37. The van der Waals surface area contributed by atoms with Gasteiger partial charge in [0, 0.05) is 12.5 Å². The monoisotopic (exact) mass is 339 g/mol. The molecule has 132 valence electrons. The topological polar surface area (TPSA) is 66.4 Å². The fourth-order valence-electron chi connectivity index (χ4n) is 2.71. The molecular weight excluding hydrogens is 314 g/mol. The highest BCUT2D eigenvalue weighted by molar-refractivity contribution is 5.79. The van der Waals surface area contributed by atoms with Gasteiger partial charge in [0.05, 0.1) is 5.92 Å². The Morgan fingerprint density at radius 1 is 0.960 bits per heavy atom. The van der Waals surface area contributed by atoms with Crippen molar-refractivity contribution >= 4 is 11.9 Å². The molecule has 4 heteroatoms. The van der Waals surface area contributed by atoms with Gasteiger partial charge in [-0.15, -0.1) is 0 Å². The van der Waals surface area contributed by atoms with E-state index in [9.17, 15) is 14.7 Å². The normalized spacial score (nSPS) is 13.0. The summed E-state index contributed by atoms with van der Waals surface area (Å²) in [5, 5.41) is 12.2. The molecule has 0 saturated carbocycles. The number of aliphatic carboxylic acids is 1. The van der Waals surface area contributed by atoms with E-state index in [1.807, 2.05) is 68.4 Å². The molecule has 0 fully saturated rings. The van der Waals surface area contributed by atoms with Crippen molar-refractivity contribution in [2.75, 3.05) is 6.54 Å². The molecule has 0 aliphatic carbocycles. The second-order valence-corrected chi connectivity index (χ2v) is 6.56. The number of benzene rings is 2. The average molecular weight is 339 g/mol. The minimum atomic E-state index is -0.893. The highest BCUT2D eigenvalue weighted by Gasteiger charge is 2.21. The first-order chi connectivity index (χ1) is 12.0. The van der Waals surface area contributed by atoms with Gasteiger partial charge in [0.1, 0.15) is 0 Å². The van der Waals surface area contributed by atoms with Gasteiger partial charge in [0.25, 0.3) is 0 Å². The van der Waals surface area contributed by atoms with Crippen molar-refractivity contribution in [1.82, 2.24) is 5.32 Å². The molecule has 0 aromatic heterocycles. The Morgan fingerprint density at radius 3 is 2.16 bits per heavy atom. The van der Waals surface area contributed by atoms with Crippen LogP contribution in [-0.2, 0) is 22.4 Å². The molecule has 0 aliphatic rings. The molecule has 2 unspecified atom stereocenters. The van der Waals surface area contributed by atoms with Crippen LogP contribution in [0.25, 0.3) is 0 Å². The van der Waals surface area contributed by atoms with Crippen LogP contribution in [0.15, 0.2) is 54.6 Å². The van der Waals surface area contributed by atoms with Crippen molar-refractivity contribution in [2.45, 2.75) is 26.7 Å². The third kappa shape index (κ3) is 6.07. The highest BCUT2D eigenvalue weighted by atomic mass is 16.4. The summed E-state index contributed by atoms with van der Waals surface area (Å²) in [5.74, 6) is -1.83. The quantitative estimate of drug-likeness (QED) is 0.776. The standard InChI is InChI=1S/C21H25NO3/c1-15-8-10-18(11-9-15)12-16(2)20(23)22-14-19(21(24)25)13-17-6-4-3-5-7-17/h3-11,16,19H,12-14H2,1-2H3,(H,22,23)(H,24,25). The van der Waals surface area contributed by atoms with E-state index in [0.717, 1.165) is 11.1 Å². The van der Waals surface area contributed by atoms with E-state index < -0.39 is 11.9 Å². The maximum Gasteiger partial charge on any atom is 0.308 e. The van der Waals surface area contributed by atoms with Gasteiger partial charge in [0.15, 0.2) is 0 Å². The molecule has 0 bridgehead atoms. The van der Waals surface area contributed by atoms with Crippen LogP contribution >= 0.6 is 0 Å². The largest absolute Gasteiger partial charge is 0.481 e. The first-order valence-electron chi connectivity index (χ1n) is 8.55. The number of hydrogen-bond donors (Lipinski definition) is 2. The lowest BCUT2D eigenvalue weighted by Gasteiger charge is -2.16. The van der Waals surface area contributed by atoms with E-state index in [0.29, 0.717) is 12.8 Å². The summed E-state index contributed by atoms with van der Waals surface area (Å²) in [6, 6.07) is 17.6. The van der Waals surface area contributed by atoms with Crippen LogP contribution in [0.3, 0.4) is 0 Å². The second kappa shape index (κ2) is 9.02. The molecule has 1 amide bonds. The average Bonchev–Trinajstić information content (AvgIpc) is 2.60. The Balaban J connectivity index is 1.87. The predicted octanol–water partition coefficient (Wildman–Crippen LogP) is 3.23. The number of carboxylic acids is 1. The minimum Gasteiger partial charge on any atom is -0.481 e. The van der Waals surface area contributed by atoms with Crippen molar-refractivity contribution in [3.8, 4) is 0 Å². The SMILES string of the molecule is Cc1ccc(CC(C)C(=O)NCC(Cc2ccccc2)C(=O)O)cc1. The maximum absolute atomic E-state index is 12.3. The van der Waals surface area contributed by atoms with E-state index in [-0.39, 0.29) is 18.4 Å². The lowest BCUT2D eigenvalue weighted by atomic mass is 9.97. The van der Waals surface area contributed by atoms with E-state index >= 15 is 0 Å². The zero-order valence-corrected chi connectivity index (χ0v) is 14.7. The maximum atomic E-state index is 12.3. The van der Waals surface area contributed by atoms with E-state index in [1.165, 1.54) is 5.56 Å². The van der Waals surface area contributed by atoms with Crippen LogP contribution in [-0.4, -0.2) is 23.5 Å². The molecule has 2 aromatic rings. The van der Waals surface area contributed by atoms with Gasteiger partial charge in [-0.2, -0.15) is 0 Å². The summed E-state index contributed by atoms with van der Waals surface area (Å²) in [6.07, 6.45) is 1.05. The molecule has 2 atom stereocenters. The van der Waals surface area contributed by atoms with Gasteiger partial charge in [-0.3, -0.25) is 9.59 Å². The van der Waals surface area contributed by atoms with Crippen molar-refractivity contribution in [3.63, 3.8) is 0 Å². The number of nitrogens with one attached hydrogen (secondary N) is 1. The molecular formula is C21H25NO3. The molecule has 0 saturated heterocycles. The minimum absolute atomic E-state index is 0.111. The summed E-state index contributed by atoms with van der Waals surface area (Å²) in [7, 11) is 0. The zero-order chi connectivity index (χ0) is 18.2. The van der Waals surface area contributed by atoms with E-state index in [4.69, 9.17) is 0 Å². The fourth-order valence-corrected chi connectivity index (χ4v) is 2.71. The van der Waals surface area contributed by atoms with Crippen LogP contribution < -0.4 is 5.32 Å². The molecule has 2 aromatic carbocycles. The predicted molar refractivity (Wildman–Crippen MR) is 98.3 cm³/mol. The summed E-state index contributed by atoms with van der Waals surface area (Å²) in [6.45, 7) is 4.03.